The summed E-state index contributed by atoms with van der Waals surface area (Å²) in [7, 11) is 0. The monoisotopic (exact) mass is 377 g/mol. The van der Waals surface area contributed by atoms with Gasteiger partial charge in [0, 0.05) is 36.6 Å². The number of nitrogens with zero attached hydrogens (tertiary/aromatic N) is 3. The van der Waals surface area contributed by atoms with Crippen LogP contribution in [0.5, 0.6) is 5.75 Å². The Hall–Kier alpha value is -2.15. The molecule has 1 aliphatic carbocycles. The number of aromatic nitrogens is 2. The van der Waals surface area contributed by atoms with Gasteiger partial charge in [0.05, 0.1) is 5.56 Å². The molecule has 2 fully saturated rings. The molecule has 7 heteroatoms. The Morgan fingerprint density at radius 1 is 1.19 bits per heavy atom. The van der Waals surface area contributed by atoms with Gasteiger partial charge in [0.1, 0.15) is 18.2 Å². The molecule has 1 saturated carbocycles. The van der Waals surface area contributed by atoms with E-state index in [4.69, 9.17) is 4.74 Å². The zero-order valence-electron chi connectivity index (χ0n) is 15.1. The lowest BCUT2D eigenvalue weighted by Crippen LogP contribution is -2.43. The number of piperidine rings is 1. The van der Waals surface area contributed by atoms with E-state index < -0.39 is 11.7 Å². The summed E-state index contributed by atoms with van der Waals surface area (Å²) in [5.74, 6) is 1.55. The first kappa shape index (κ1) is 18.2. The van der Waals surface area contributed by atoms with Gasteiger partial charge in [-0.1, -0.05) is 6.07 Å². The maximum atomic E-state index is 12.9. The third-order valence-corrected chi connectivity index (χ3v) is 5.67. The number of fused-ring (bicyclic) bond motifs is 2. The standard InChI is InChI=1S/C20H22F3N3O/c1-13-24-9-14(10-25-13)11-26-17-6-5-15(7-17)19(26)12-27-18-4-2-3-16(8-18)20(21,22)23/h2-4,8-10,15,17,19H,5-7,11-12H2,1H3/t15-,17-,19+/m0/s1. The zero-order valence-corrected chi connectivity index (χ0v) is 15.1. The molecule has 1 saturated heterocycles. The summed E-state index contributed by atoms with van der Waals surface area (Å²) in [5, 5.41) is 0. The van der Waals surface area contributed by atoms with Crippen LogP contribution in [0.3, 0.4) is 0 Å². The van der Waals surface area contributed by atoms with Gasteiger partial charge in [-0.2, -0.15) is 13.2 Å². The van der Waals surface area contributed by atoms with Crippen LogP contribution < -0.4 is 4.74 Å². The molecule has 0 N–H and O–H groups in total. The van der Waals surface area contributed by atoms with E-state index in [1.54, 1.807) is 6.07 Å². The molecule has 3 atom stereocenters. The van der Waals surface area contributed by atoms with E-state index in [-0.39, 0.29) is 11.8 Å². The molecule has 27 heavy (non-hydrogen) atoms. The SMILES string of the molecule is Cc1ncc(CN2[C@H]3CC[C@@H](C3)[C@H]2COc2cccc(C(F)(F)F)c2)cn1. The first-order chi connectivity index (χ1) is 12.9. The van der Waals surface area contributed by atoms with E-state index in [9.17, 15) is 13.2 Å². The largest absolute Gasteiger partial charge is 0.492 e. The lowest BCUT2D eigenvalue weighted by atomic mass is 9.99. The van der Waals surface area contributed by atoms with Crippen LogP contribution in [0.2, 0.25) is 0 Å². The molecular weight excluding hydrogens is 355 g/mol. The Bertz CT molecular complexity index is 794. The molecule has 2 aromatic rings. The number of ether oxygens (including phenoxy) is 1. The number of rotatable bonds is 5. The molecule has 144 valence electrons. The fourth-order valence-corrected chi connectivity index (χ4v) is 4.32. The topological polar surface area (TPSA) is 38.2 Å². The summed E-state index contributed by atoms with van der Waals surface area (Å²) in [5.41, 5.74) is 0.374. The van der Waals surface area contributed by atoms with Crippen LogP contribution in [0, 0.1) is 12.8 Å². The van der Waals surface area contributed by atoms with Gasteiger partial charge in [-0.15, -0.1) is 0 Å². The number of halogens is 3. The van der Waals surface area contributed by atoms with E-state index in [1.165, 1.54) is 6.07 Å². The molecule has 1 aromatic carbocycles. The van der Waals surface area contributed by atoms with E-state index in [2.05, 4.69) is 14.9 Å². The Morgan fingerprint density at radius 3 is 2.70 bits per heavy atom. The highest BCUT2D eigenvalue weighted by Gasteiger charge is 2.46. The summed E-state index contributed by atoms with van der Waals surface area (Å²) in [6.45, 7) is 3.00. The van der Waals surface area contributed by atoms with Crippen molar-refractivity contribution in [1.29, 1.82) is 0 Å². The molecule has 1 aromatic heterocycles. The second-order valence-corrected chi connectivity index (χ2v) is 7.44. The fraction of sp³-hybridized carbons (Fsp3) is 0.500. The molecule has 2 heterocycles. The smallest absolute Gasteiger partial charge is 0.416 e. The van der Waals surface area contributed by atoms with E-state index in [0.29, 0.717) is 18.6 Å². The number of likely N-dealkylation sites (tertiary alicyclic amines) is 1. The number of aryl methyl sites for hydroxylation is 1. The van der Waals surface area contributed by atoms with Crippen molar-refractivity contribution < 1.29 is 17.9 Å². The quantitative estimate of drug-likeness (QED) is 0.781. The van der Waals surface area contributed by atoms with Crippen molar-refractivity contribution in [1.82, 2.24) is 14.9 Å². The molecule has 0 amide bonds. The Labute approximate surface area is 156 Å². The van der Waals surface area contributed by atoms with Crippen LogP contribution in [-0.2, 0) is 12.7 Å². The zero-order chi connectivity index (χ0) is 19.0. The molecule has 4 rings (SSSR count). The molecule has 4 nitrogen and oxygen atoms in total. The summed E-state index contributed by atoms with van der Waals surface area (Å²) in [6.07, 6.45) is 2.78. The Morgan fingerprint density at radius 2 is 1.96 bits per heavy atom. The highest BCUT2D eigenvalue weighted by molar-refractivity contribution is 5.30. The van der Waals surface area contributed by atoms with Crippen LogP contribution in [0.1, 0.15) is 36.2 Å². The van der Waals surface area contributed by atoms with Gasteiger partial charge >= 0.3 is 6.18 Å². The average Bonchev–Trinajstić information content (AvgIpc) is 3.23. The highest BCUT2D eigenvalue weighted by Crippen LogP contribution is 2.43. The van der Waals surface area contributed by atoms with Crippen LogP contribution >= 0.6 is 0 Å². The van der Waals surface area contributed by atoms with Crippen LogP contribution in [0.4, 0.5) is 13.2 Å². The van der Waals surface area contributed by atoms with Gasteiger partial charge in [-0.3, -0.25) is 4.90 Å². The van der Waals surface area contributed by atoms with Gasteiger partial charge < -0.3 is 4.74 Å². The summed E-state index contributed by atoms with van der Waals surface area (Å²) in [6, 6.07) is 5.83. The first-order valence-corrected chi connectivity index (χ1v) is 9.23. The lowest BCUT2D eigenvalue weighted by molar-refractivity contribution is -0.137. The van der Waals surface area contributed by atoms with Gasteiger partial charge in [0.2, 0.25) is 0 Å². The summed E-state index contributed by atoms with van der Waals surface area (Å²) in [4.78, 5) is 10.9. The minimum absolute atomic E-state index is 0.208. The highest BCUT2D eigenvalue weighted by atomic mass is 19.4. The molecule has 2 aliphatic rings. The third kappa shape index (κ3) is 3.93. The summed E-state index contributed by atoms with van der Waals surface area (Å²) >= 11 is 0. The maximum absolute atomic E-state index is 12.9. The molecule has 2 bridgehead atoms. The van der Waals surface area contributed by atoms with Crippen molar-refractivity contribution in [3.05, 3.63) is 53.6 Å². The number of hydrogen-bond acceptors (Lipinski definition) is 4. The van der Waals surface area contributed by atoms with Crippen molar-refractivity contribution in [2.75, 3.05) is 6.61 Å². The van der Waals surface area contributed by atoms with E-state index >= 15 is 0 Å². The second-order valence-electron chi connectivity index (χ2n) is 7.44. The molecule has 1 aliphatic heterocycles. The molecule has 0 unspecified atom stereocenters. The normalized spacial score (nSPS) is 25.1. The maximum Gasteiger partial charge on any atom is 0.416 e. The van der Waals surface area contributed by atoms with Crippen molar-refractivity contribution in [2.24, 2.45) is 5.92 Å². The predicted molar refractivity (Wildman–Crippen MR) is 94.2 cm³/mol. The lowest BCUT2D eigenvalue weighted by Gasteiger charge is -2.35. The summed E-state index contributed by atoms with van der Waals surface area (Å²) < 4.78 is 44.5. The predicted octanol–water partition coefficient (Wildman–Crippen LogP) is 4.24. The average molecular weight is 377 g/mol. The first-order valence-electron chi connectivity index (χ1n) is 9.23. The van der Waals surface area contributed by atoms with Crippen molar-refractivity contribution >= 4 is 0 Å². The van der Waals surface area contributed by atoms with Gasteiger partial charge in [-0.05, 0) is 50.3 Å². The van der Waals surface area contributed by atoms with Gasteiger partial charge in [-0.25, -0.2) is 9.97 Å². The van der Waals surface area contributed by atoms with E-state index in [0.717, 1.165) is 49.3 Å². The number of alkyl halides is 3. The molecule has 0 spiro atoms. The van der Waals surface area contributed by atoms with Crippen LogP contribution in [-0.4, -0.2) is 33.6 Å². The van der Waals surface area contributed by atoms with Crippen molar-refractivity contribution in [2.45, 2.75) is 51.0 Å². The number of benzene rings is 1. The van der Waals surface area contributed by atoms with E-state index in [1.807, 2.05) is 19.3 Å². The fourth-order valence-electron chi connectivity index (χ4n) is 4.32. The second kappa shape index (κ2) is 7.11. The third-order valence-electron chi connectivity index (χ3n) is 5.67. The van der Waals surface area contributed by atoms with Crippen molar-refractivity contribution in [3.63, 3.8) is 0 Å². The molecular formula is C20H22F3N3O. The minimum Gasteiger partial charge on any atom is -0.492 e. The minimum atomic E-state index is -4.36. The van der Waals surface area contributed by atoms with Crippen molar-refractivity contribution in [3.8, 4) is 5.75 Å². The van der Waals surface area contributed by atoms with Crippen LogP contribution in [0.25, 0.3) is 0 Å². The Balaban J connectivity index is 1.45. The van der Waals surface area contributed by atoms with Crippen LogP contribution in [0.15, 0.2) is 36.7 Å². The van der Waals surface area contributed by atoms with Gasteiger partial charge in [0.25, 0.3) is 0 Å². The number of hydrogen-bond donors (Lipinski definition) is 0. The van der Waals surface area contributed by atoms with Gasteiger partial charge in [0.15, 0.2) is 0 Å². The Kier molecular flexibility index (Phi) is 4.80. The molecule has 0 radical (unpaired) electrons.